The molecule has 1 fully saturated rings. The molecule has 0 spiro atoms. The van der Waals surface area contributed by atoms with Crippen LogP contribution in [0.1, 0.15) is 49.1 Å². The fourth-order valence-corrected chi connectivity index (χ4v) is 2.67. The Balaban J connectivity index is 1.86. The topological polar surface area (TPSA) is 55.1 Å². The van der Waals surface area contributed by atoms with Gasteiger partial charge in [-0.05, 0) is 29.9 Å². The van der Waals surface area contributed by atoms with Crippen LogP contribution >= 0.6 is 0 Å². The Morgan fingerprint density at radius 1 is 1.17 bits per heavy atom. The summed E-state index contributed by atoms with van der Waals surface area (Å²) in [4.78, 5) is 10.6. The molecule has 3 N–H and O–H groups in total. The second-order valence-electron chi connectivity index (χ2n) is 5.15. The second kappa shape index (κ2) is 6.55. The van der Waals surface area contributed by atoms with Gasteiger partial charge in [0.15, 0.2) is 0 Å². The van der Waals surface area contributed by atoms with Gasteiger partial charge in [0.25, 0.3) is 0 Å². The Kier molecular flexibility index (Phi) is 4.76. The van der Waals surface area contributed by atoms with Crippen LogP contribution < -0.4 is 11.1 Å². The summed E-state index contributed by atoms with van der Waals surface area (Å²) >= 11 is 0. The van der Waals surface area contributed by atoms with E-state index in [0.717, 1.165) is 5.92 Å². The normalized spacial score (nSPS) is 16.7. The Bertz CT molecular complexity index is 380. The van der Waals surface area contributed by atoms with Gasteiger partial charge >= 0.3 is 0 Å². The van der Waals surface area contributed by atoms with E-state index in [1.165, 1.54) is 43.2 Å². The fourth-order valence-electron chi connectivity index (χ4n) is 2.67. The smallest absolute Gasteiger partial charge is 0.231 e. The van der Waals surface area contributed by atoms with Gasteiger partial charge in [0.2, 0.25) is 5.91 Å². The number of carbonyl (C=O) groups excluding carboxylic acids is 1. The first-order valence-corrected chi connectivity index (χ1v) is 6.83. The number of carbonyl (C=O) groups is 1. The Morgan fingerprint density at radius 2 is 1.83 bits per heavy atom. The van der Waals surface area contributed by atoms with Crippen LogP contribution in [-0.2, 0) is 11.3 Å². The van der Waals surface area contributed by atoms with Gasteiger partial charge in [0.05, 0.1) is 6.54 Å². The van der Waals surface area contributed by atoms with Crippen LogP contribution in [-0.4, -0.2) is 12.5 Å². The molecule has 1 aromatic carbocycles. The molecule has 1 aliphatic carbocycles. The molecule has 0 aliphatic heterocycles. The Labute approximate surface area is 109 Å². The van der Waals surface area contributed by atoms with Crippen molar-refractivity contribution in [1.29, 1.82) is 0 Å². The molecule has 0 saturated heterocycles. The standard InChI is InChI=1S/C15H22N2O/c16-15(18)11-17-10-12-6-8-14(9-7-12)13-4-2-1-3-5-13/h6-9,13,17H,1-5,10-11H2,(H2,16,18). The van der Waals surface area contributed by atoms with Crippen LogP contribution in [0.25, 0.3) is 0 Å². The zero-order chi connectivity index (χ0) is 12.8. The molecule has 18 heavy (non-hydrogen) atoms. The summed E-state index contributed by atoms with van der Waals surface area (Å²) in [5, 5.41) is 3.03. The molecule has 0 radical (unpaired) electrons. The highest BCUT2D eigenvalue weighted by molar-refractivity contribution is 5.75. The first-order valence-electron chi connectivity index (χ1n) is 6.83. The number of primary amides is 1. The lowest BCUT2D eigenvalue weighted by Crippen LogP contribution is -2.28. The van der Waals surface area contributed by atoms with Crippen LogP contribution in [0.5, 0.6) is 0 Å². The van der Waals surface area contributed by atoms with Crippen molar-refractivity contribution >= 4 is 5.91 Å². The van der Waals surface area contributed by atoms with Crippen LogP contribution in [0.3, 0.4) is 0 Å². The molecular formula is C15H22N2O. The van der Waals surface area contributed by atoms with Gasteiger partial charge in [-0.1, -0.05) is 43.5 Å². The number of nitrogens with two attached hydrogens (primary N) is 1. The van der Waals surface area contributed by atoms with Gasteiger partial charge in [-0.15, -0.1) is 0 Å². The van der Waals surface area contributed by atoms with Crippen molar-refractivity contribution in [2.24, 2.45) is 5.73 Å². The van der Waals surface area contributed by atoms with E-state index in [2.05, 4.69) is 29.6 Å². The summed E-state index contributed by atoms with van der Waals surface area (Å²) in [6, 6.07) is 8.77. The highest BCUT2D eigenvalue weighted by Gasteiger charge is 2.14. The van der Waals surface area contributed by atoms with Gasteiger partial charge in [-0.2, -0.15) is 0 Å². The third-order valence-corrected chi connectivity index (χ3v) is 3.68. The summed E-state index contributed by atoms with van der Waals surface area (Å²) in [6.07, 6.45) is 6.79. The van der Waals surface area contributed by atoms with E-state index in [9.17, 15) is 4.79 Å². The van der Waals surface area contributed by atoms with Crippen LogP contribution in [0.15, 0.2) is 24.3 Å². The first kappa shape index (κ1) is 13.1. The van der Waals surface area contributed by atoms with Crippen molar-refractivity contribution in [2.45, 2.75) is 44.6 Å². The van der Waals surface area contributed by atoms with Crippen molar-refractivity contribution in [3.05, 3.63) is 35.4 Å². The maximum Gasteiger partial charge on any atom is 0.231 e. The number of hydrogen-bond acceptors (Lipinski definition) is 2. The lowest BCUT2D eigenvalue weighted by molar-refractivity contribution is -0.117. The van der Waals surface area contributed by atoms with Gasteiger partial charge in [0, 0.05) is 6.54 Å². The minimum atomic E-state index is -0.311. The third kappa shape index (κ3) is 3.84. The number of hydrogen-bond donors (Lipinski definition) is 2. The van der Waals surface area contributed by atoms with E-state index in [0.29, 0.717) is 6.54 Å². The summed E-state index contributed by atoms with van der Waals surface area (Å²) in [6.45, 7) is 0.943. The highest BCUT2D eigenvalue weighted by atomic mass is 16.1. The van der Waals surface area contributed by atoms with Gasteiger partial charge in [-0.3, -0.25) is 4.79 Å². The molecule has 3 heteroatoms. The number of rotatable bonds is 5. The molecule has 0 heterocycles. The fraction of sp³-hybridized carbons (Fsp3) is 0.533. The molecule has 1 aliphatic rings. The lowest BCUT2D eigenvalue weighted by atomic mass is 9.84. The monoisotopic (exact) mass is 246 g/mol. The Hall–Kier alpha value is -1.35. The number of nitrogens with one attached hydrogen (secondary N) is 1. The summed E-state index contributed by atoms with van der Waals surface area (Å²) in [5.41, 5.74) is 7.75. The zero-order valence-corrected chi connectivity index (χ0v) is 10.8. The highest BCUT2D eigenvalue weighted by Crippen LogP contribution is 2.32. The molecule has 1 aromatic rings. The maximum atomic E-state index is 10.6. The molecule has 0 unspecified atom stereocenters. The third-order valence-electron chi connectivity index (χ3n) is 3.68. The van der Waals surface area contributed by atoms with E-state index < -0.39 is 0 Å². The van der Waals surface area contributed by atoms with Crippen LogP contribution in [0.2, 0.25) is 0 Å². The molecule has 2 rings (SSSR count). The predicted molar refractivity (Wildman–Crippen MR) is 73.2 cm³/mol. The van der Waals surface area contributed by atoms with Gasteiger partial charge < -0.3 is 11.1 Å². The summed E-state index contributed by atoms with van der Waals surface area (Å²) < 4.78 is 0. The van der Waals surface area contributed by atoms with Crippen molar-refractivity contribution in [1.82, 2.24) is 5.32 Å². The molecule has 0 atom stereocenters. The van der Waals surface area contributed by atoms with E-state index >= 15 is 0 Å². The maximum absolute atomic E-state index is 10.6. The summed E-state index contributed by atoms with van der Waals surface area (Å²) in [5.74, 6) is 0.445. The number of benzene rings is 1. The van der Waals surface area contributed by atoms with Gasteiger partial charge in [-0.25, -0.2) is 0 Å². The molecule has 1 amide bonds. The molecule has 1 saturated carbocycles. The van der Waals surface area contributed by atoms with E-state index in [4.69, 9.17) is 5.73 Å². The van der Waals surface area contributed by atoms with Crippen LogP contribution in [0.4, 0.5) is 0 Å². The first-order chi connectivity index (χ1) is 8.75. The van der Waals surface area contributed by atoms with Crippen LogP contribution in [0, 0.1) is 0 Å². The van der Waals surface area contributed by atoms with Crippen molar-refractivity contribution < 1.29 is 4.79 Å². The number of amides is 1. The molecular weight excluding hydrogens is 224 g/mol. The second-order valence-corrected chi connectivity index (χ2v) is 5.15. The largest absolute Gasteiger partial charge is 0.369 e. The predicted octanol–water partition coefficient (Wildman–Crippen LogP) is 2.31. The average molecular weight is 246 g/mol. The molecule has 0 aromatic heterocycles. The van der Waals surface area contributed by atoms with E-state index in [-0.39, 0.29) is 12.5 Å². The van der Waals surface area contributed by atoms with E-state index in [1.807, 2.05) is 0 Å². The molecule has 3 nitrogen and oxygen atoms in total. The SMILES string of the molecule is NC(=O)CNCc1ccc(C2CCCCC2)cc1. The van der Waals surface area contributed by atoms with Crippen molar-refractivity contribution in [3.63, 3.8) is 0 Å². The quantitative estimate of drug-likeness (QED) is 0.837. The van der Waals surface area contributed by atoms with Gasteiger partial charge in [0.1, 0.15) is 0 Å². The minimum Gasteiger partial charge on any atom is -0.369 e. The van der Waals surface area contributed by atoms with Crippen molar-refractivity contribution in [2.75, 3.05) is 6.54 Å². The molecule has 0 bridgehead atoms. The average Bonchev–Trinajstić information content (AvgIpc) is 2.40. The summed E-state index contributed by atoms with van der Waals surface area (Å²) in [7, 11) is 0. The lowest BCUT2D eigenvalue weighted by Gasteiger charge is -2.22. The van der Waals surface area contributed by atoms with E-state index in [1.54, 1.807) is 0 Å². The molecule has 98 valence electrons. The Morgan fingerprint density at radius 3 is 2.44 bits per heavy atom. The zero-order valence-electron chi connectivity index (χ0n) is 10.8. The minimum absolute atomic E-state index is 0.240. The van der Waals surface area contributed by atoms with Crippen molar-refractivity contribution in [3.8, 4) is 0 Å².